The Bertz CT molecular complexity index is 4260. The highest BCUT2D eigenvalue weighted by Crippen LogP contribution is 2.61. The molecule has 0 spiro atoms. The Morgan fingerprint density at radius 3 is 1.03 bits per heavy atom. The van der Waals surface area contributed by atoms with Crippen molar-refractivity contribution in [2.24, 2.45) is 0 Å². The monoisotopic (exact) mass is 966 g/mol. The van der Waals surface area contributed by atoms with E-state index in [9.17, 15) is 0 Å². The van der Waals surface area contributed by atoms with Gasteiger partial charge in [0.15, 0.2) is 5.82 Å². The summed E-state index contributed by atoms with van der Waals surface area (Å²) >= 11 is 0. The molecule has 0 aliphatic heterocycles. The van der Waals surface area contributed by atoms with Crippen molar-refractivity contribution in [3.8, 4) is 45.3 Å². The molecule has 0 unspecified atom stereocenters. The first-order valence-corrected chi connectivity index (χ1v) is 26.2. The van der Waals surface area contributed by atoms with Crippen molar-refractivity contribution in [2.75, 3.05) is 0 Å². The van der Waals surface area contributed by atoms with Gasteiger partial charge in [-0.1, -0.05) is 249 Å². The van der Waals surface area contributed by atoms with Gasteiger partial charge in [-0.05, 0) is 91.0 Å². The molecule has 2 aliphatic rings. The number of hydrogen-bond acceptors (Lipinski definition) is 2. The predicted octanol–water partition coefficient (Wildman–Crippen LogP) is 17.1. The van der Waals surface area contributed by atoms with Gasteiger partial charge in [0, 0.05) is 33.2 Å². The third-order valence-corrected chi connectivity index (χ3v) is 16.7. The normalized spacial score (nSPS) is 13.7. The minimum absolute atomic E-state index is 0.605. The van der Waals surface area contributed by atoms with E-state index >= 15 is 0 Å². The molecule has 0 radical (unpaired) electrons. The number of para-hydroxylation sites is 2. The van der Waals surface area contributed by atoms with Gasteiger partial charge in [-0.3, -0.25) is 9.13 Å². The van der Waals surface area contributed by atoms with Crippen LogP contribution in [0.1, 0.15) is 44.5 Å². The first kappa shape index (κ1) is 42.6. The van der Waals surface area contributed by atoms with E-state index in [-0.39, 0.29) is 0 Å². The molecular weight excluding hydrogens is 921 g/mol. The van der Waals surface area contributed by atoms with E-state index in [4.69, 9.17) is 9.97 Å². The Hall–Kier alpha value is -9.90. The Labute approximate surface area is 440 Å². The molecule has 0 bridgehead atoms. The van der Waals surface area contributed by atoms with Gasteiger partial charge in [0.05, 0.1) is 32.9 Å². The van der Waals surface area contributed by atoms with E-state index in [1.165, 1.54) is 88.3 Å². The number of aromatic nitrogens is 4. The largest absolute Gasteiger partial charge is 0.294 e. The molecule has 4 nitrogen and oxygen atoms in total. The van der Waals surface area contributed by atoms with Crippen LogP contribution in [0, 0.1) is 0 Å². The minimum atomic E-state index is -0.605. The summed E-state index contributed by atoms with van der Waals surface area (Å²) in [6.45, 7) is 0. The quantitative estimate of drug-likeness (QED) is 0.160. The fourth-order valence-electron chi connectivity index (χ4n) is 13.9. The van der Waals surface area contributed by atoms with Crippen molar-refractivity contribution in [1.82, 2.24) is 19.1 Å². The second kappa shape index (κ2) is 16.3. The lowest BCUT2D eigenvalue weighted by molar-refractivity contribution is 0.776. The van der Waals surface area contributed by atoms with Crippen LogP contribution < -0.4 is 0 Å². The van der Waals surface area contributed by atoms with E-state index in [2.05, 4.69) is 288 Å². The summed E-state index contributed by atoms with van der Waals surface area (Å²) in [5.41, 5.74) is 19.1. The zero-order valence-corrected chi connectivity index (χ0v) is 41.3. The fourth-order valence-corrected chi connectivity index (χ4v) is 13.9. The number of nitrogens with zero attached hydrogens (tertiary/aromatic N) is 4. The molecule has 11 aromatic carbocycles. The first-order valence-electron chi connectivity index (χ1n) is 26.2. The van der Waals surface area contributed by atoms with Crippen LogP contribution in [-0.2, 0) is 10.8 Å². The average Bonchev–Trinajstić information content (AvgIpc) is 4.40. The molecule has 0 atom stereocenters. The van der Waals surface area contributed by atoms with Gasteiger partial charge in [0.2, 0.25) is 0 Å². The van der Waals surface area contributed by atoms with Gasteiger partial charge in [-0.15, -0.1) is 0 Å². The van der Waals surface area contributed by atoms with E-state index in [1.54, 1.807) is 0 Å². The van der Waals surface area contributed by atoms with Crippen LogP contribution in [0.15, 0.2) is 279 Å². The van der Waals surface area contributed by atoms with Crippen molar-refractivity contribution >= 4 is 43.6 Å². The highest BCUT2D eigenvalue weighted by molar-refractivity contribution is 6.17. The van der Waals surface area contributed by atoms with Crippen LogP contribution in [0.2, 0.25) is 0 Å². The summed E-state index contributed by atoms with van der Waals surface area (Å²) in [5.74, 6) is 2.23. The highest BCUT2D eigenvalue weighted by atomic mass is 15.1. The van der Waals surface area contributed by atoms with Crippen molar-refractivity contribution in [3.63, 3.8) is 0 Å². The molecule has 0 saturated carbocycles. The maximum Gasteiger partial charge on any atom is 0.163 e. The molecule has 0 fully saturated rings. The third kappa shape index (κ3) is 5.67. The summed E-state index contributed by atoms with van der Waals surface area (Å²) in [5, 5.41) is 4.77. The van der Waals surface area contributed by atoms with E-state index in [1.807, 2.05) is 0 Å². The van der Waals surface area contributed by atoms with E-state index in [0.717, 1.165) is 39.3 Å². The Kier molecular flexibility index (Phi) is 9.13. The van der Waals surface area contributed by atoms with Gasteiger partial charge < -0.3 is 0 Å². The number of hydrogen-bond donors (Lipinski definition) is 0. The van der Waals surface area contributed by atoms with Crippen LogP contribution >= 0.6 is 0 Å². The average molecular weight is 967 g/mol. The van der Waals surface area contributed by atoms with Gasteiger partial charge in [-0.2, -0.15) is 0 Å². The molecule has 3 heterocycles. The van der Waals surface area contributed by atoms with Crippen LogP contribution in [0.25, 0.3) is 88.9 Å². The number of rotatable bonds is 7. The van der Waals surface area contributed by atoms with Crippen molar-refractivity contribution in [2.45, 2.75) is 10.8 Å². The smallest absolute Gasteiger partial charge is 0.163 e. The van der Waals surface area contributed by atoms with Gasteiger partial charge in [0.1, 0.15) is 11.6 Å². The molecule has 4 heteroatoms. The summed E-state index contributed by atoms with van der Waals surface area (Å²) < 4.78 is 4.79. The molecule has 0 N–H and O–H groups in total. The zero-order chi connectivity index (χ0) is 50.0. The van der Waals surface area contributed by atoms with Crippen molar-refractivity contribution < 1.29 is 0 Å². The maximum atomic E-state index is 5.63. The Morgan fingerprint density at radius 1 is 0.276 bits per heavy atom. The first-order chi connectivity index (χ1) is 37.7. The lowest BCUT2D eigenvalue weighted by Gasteiger charge is -2.34. The molecule has 16 rings (SSSR count). The van der Waals surface area contributed by atoms with Gasteiger partial charge in [0.25, 0.3) is 0 Å². The molecule has 76 heavy (non-hydrogen) atoms. The summed E-state index contributed by atoms with van der Waals surface area (Å²) in [4.78, 5) is 11.3. The van der Waals surface area contributed by atoms with E-state index < -0.39 is 10.8 Å². The SMILES string of the molecule is c1ccc(-c2nc(-n3c4ccccc4c4c5c(ccc43)-c3ccccc3C5(c3ccccc3)c3ccccc3)cc(-n3c4ccccc4c4c5c(ccc43)-c3ccccc3C5(c3ccccc3)c3ccccc3)n2)cc1. The molecule has 3 aromatic heterocycles. The van der Waals surface area contributed by atoms with Gasteiger partial charge >= 0.3 is 0 Å². The van der Waals surface area contributed by atoms with E-state index in [0.29, 0.717) is 5.82 Å². The lowest BCUT2D eigenvalue weighted by atomic mass is 9.67. The molecule has 354 valence electrons. The fraction of sp³-hybridized carbons (Fsp3) is 0.0278. The molecule has 0 saturated heterocycles. The number of fused-ring (bicyclic) bond motifs is 14. The topological polar surface area (TPSA) is 35.6 Å². The lowest BCUT2D eigenvalue weighted by Crippen LogP contribution is -2.28. The van der Waals surface area contributed by atoms with Crippen molar-refractivity contribution in [3.05, 3.63) is 324 Å². The Balaban J connectivity index is 1.02. The molecule has 2 aliphatic carbocycles. The predicted molar refractivity (Wildman–Crippen MR) is 311 cm³/mol. The maximum absolute atomic E-state index is 5.63. The highest BCUT2D eigenvalue weighted by Gasteiger charge is 2.49. The summed E-state index contributed by atoms with van der Waals surface area (Å²) in [6, 6.07) is 102. The van der Waals surface area contributed by atoms with Crippen LogP contribution in [0.5, 0.6) is 0 Å². The minimum Gasteiger partial charge on any atom is -0.294 e. The van der Waals surface area contributed by atoms with Crippen LogP contribution in [0.4, 0.5) is 0 Å². The van der Waals surface area contributed by atoms with Crippen LogP contribution in [-0.4, -0.2) is 19.1 Å². The van der Waals surface area contributed by atoms with Crippen LogP contribution in [0.3, 0.4) is 0 Å². The standard InChI is InChI=1S/C72H46N4/c1-6-24-47(25-7-1)70-73-64(75-60-40-22-18-36-56(60)66-62(75)44-42-54-52-34-16-20-38-58(52)71(68(54)66,48-26-8-2-9-27-48)49-28-10-3-11-29-49)46-65(74-70)76-61-41-23-19-37-57(61)67-63(76)45-43-55-53-35-17-21-39-59(53)72(69(55)67,50-30-12-4-13-31-50)51-32-14-5-15-33-51/h1-46H. The third-order valence-electron chi connectivity index (χ3n) is 16.7. The van der Waals surface area contributed by atoms with Crippen molar-refractivity contribution in [1.29, 1.82) is 0 Å². The number of benzene rings is 11. The molecule has 0 amide bonds. The molecule has 14 aromatic rings. The summed E-state index contributed by atoms with van der Waals surface area (Å²) in [6.07, 6.45) is 0. The Morgan fingerprint density at radius 2 is 0.618 bits per heavy atom. The molecular formula is C72H46N4. The van der Waals surface area contributed by atoms with Gasteiger partial charge in [-0.25, -0.2) is 9.97 Å². The summed E-state index contributed by atoms with van der Waals surface area (Å²) in [7, 11) is 0. The zero-order valence-electron chi connectivity index (χ0n) is 41.3. The second-order valence-electron chi connectivity index (χ2n) is 20.3. The second-order valence-corrected chi connectivity index (χ2v) is 20.3.